The summed E-state index contributed by atoms with van der Waals surface area (Å²) in [7, 11) is 0. The lowest BCUT2D eigenvalue weighted by atomic mass is 10.0. The maximum absolute atomic E-state index is 12.9. The molecule has 76 valence electrons. The normalized spacial score (nSPS) is 19.4. The van der Waals surface area contributed by atoms with Crippen molar-refractivity contribution in [2.75, 3.05) is 0 Å². The summed E-state index contributed by atoms with van der Waals surface area (Å²) in [5.74, 6) is -2.76. The molecule has 0 heterocycles. The molecule has 14 heavy (non-hydrogen) atoms. The second-order valence-corrected chi connectivity index (χ2v) is 4.12. The van der Waals surface area contributed by atoms with E-state index < -0.39 is 5.92 Å². The molecule has 0 spiro atoms. The molecule has 1 aliphatic rings. The van der Waals surface area contributed by atoms with Gasteiger partial charge in [0.1, 0.15) is 0 Å². The standard InChI is InChI=1S/C11H13F2N/c1-10(12,13)8-2-4-9(5-3-8)11(14)6-7-11/h2-5H,6-7,14H2,1H3. The van der Waals surface area contributed by atoms with Crippen LogP contribution in [0.2, 0.25) is 0 Å². The molecule has 3 heteroatoms. The number of rotatable bonds is 2. The Morgan fingerprint density at radius 1 is 1.21 bits per heavy atom. The highest BCUT2D eigenvalue weighted by Gasteiger charge is 2.40. The third-order valence-corrected chi connectivity index (χ3v) is 2.76. The smallest absolute Gasteiger partial charge is 0.270 e. The molecule has 2 N–H and O–H groups in total. The molecule has 0 bridgehead atoms. The van der Waals surface area contributed by atoms with Crippen molar-refractivity contribution in [2.24, 2.45) is 5.73 Å². The van der Waals surface area contributed by atoms with Crippen LogP contribution in [0, 0.1) is 0 Å². The SMILES string of the molecule is CC(F)(F)c1ccc(C2(N)CC2)cc1. The summed E-state index contributed by atoms with van der Waals surface area (Å²) in [4.78, 5) is 0. The van der Waals surface area contributed by atoms with Crippen LogP contribution in [0.4, 0.5) is 8.78 Å². The Kier molecular flexibility index (Phi) is 1.89. The van der Waals surface area contributed by atoms with Crippen LogP contribution in [0.5, 0.6) is 0 Å². The van der Waals surface area contributed by atoms with Crippen molar-refractivity contribution in [3.63, 3.8) is 0 Å². The minimum absolute atomic E-state index is 0.0468. The Morgan fingerprint density at radius 2 is 1.71 bits per heavy atom. The van der Waals surface area contributed by atoms with Crippen molar-refractivity contribution >= 4 is 0 Å². The average Bonchev–Trinajstić information content (AvgIpc) is 2.84. The monoisotopic (exact) mass is 197 g/mol. The van der Waals surface area contributed by atoms with Crippen molar-refractivity contribution in [1.82, 2.24) is 0 Å². The Labute approximate surface area is 81.9 Å². The van der Waals surface area contributed by atoms with E-state index in [0.29, 0.717) is 0 Å². The van der Waals surface area contributed by atoms with Gasteiger partial charge in [-0.1, -0.05) is 24.3 Å². The molecule has 0 aliphatic heterocycles. The van der Waals surface area contributed by atoms with Gasteiger partial charge in [0.15, 0.2) is 0 Å². The average molecular weight is 197 g/mol. The molecular weight excluding hydrogens is 184 g/mol. The highest BCUT2D eigenvalue weighted by molar-refractivity contribution is 5.33. The van der Waals surface area contributed by atoms with E-state index in [2.05, 4.69) is 0 Å². The van der Waals surface area contributed by atoms with Crippen LogP contribution in [0.15, 0.2) is 24.3 Å². The molecular formula is C11H13F2N. The van der Waals surface area contributed by atoms with Crippen LogP contribution in [0.25, 0.3) is 0 Å². The zero-order valence-electron chi connectivity index (χ0n) is 8.06. The molecule has 0 radical (unpaired) electrons. The van der Waals surface area contributed by atoms with E-state index in [1.54, 1.807) is 12.1 Å². The first-order chi connectivity index (χ1) is 6.42. The van der Waals surface area contributed by atoms with Gasteiger partial charge < -0.3 is 5.73 Å². The Bertz CT molecular complexity index is 309. The van der Waals surface area contributed by atoms with Gasteiger partial charge in [0.2, 0.25) is 0 Å². The number of alkyl halides is 2. The third kappa shape index (κ3) is 1.64. The van der Waals surface area contributed by atoms with Gasteiger partial charge in [0.05, 0.1) is 0 Å². The van der Waals surface area contributed by atoms with Gasteiger partial charge in [-0.05, 0) is 18.4 Å². The maximum Gasteiger partial charge on any atom is 0.270 e. The van der Waals surface area contributed by atoms with Crippen LogP contribution in [-0.2, 0) is 11.5 Å². The molecule has 1 fully saturated rings. The van der Waals surface area contributed by atoms with Crippen molar-refractivity contribution in [3.8, 4) is 0 Å². The summed E-state index contributed by atoms with van der Waals surface area (Å²) in [6.45, 7) is 0.900. The highest BCUT2D eigenvalue weighted by Crippen LogP contribution is 2.43. The molecule has 0 amide bonds. The molecule has 1 nitrogen and oxygen atoms in total. The second kappa shape index (κ2) is 2.76. The summed E-state index contributed by atoms with van der Waals surface area (Å²) in [6, 6.07) is 6.34. The van der Waals surface area contributed by atoms with Crippen LogP contribution in [-0.4, -0.2) is 0 Å². The first-order valence-corrected chi connectivity index (χ1v) is 4.70. The van der Waals surface area contributed by atoms with E-state index in [1.807, 2.05) is 0 Å². The molecule has 1 aliphatic carbocycles. The van der Waals surface area contributed by atoms with E-state index in [0.717, 1.165) is 25.3 Å². The number of nitrogens with two attached hydrogens (primary N) is 1. The molecule has 1 aromatic carbocycles. The Morgan fingerprint density at radius 3 is 2.07 bits per heavy atom. The predicted octanol–water partition coefficient (Wildman–Crippen LogP) is 2.75. The lowest BCUT2D eigenvalue weighted by Gasteiger charge is -2.13. The lowest BCUT2D eigenvalue weighted by Crippen LogP contribution is -2.18. The third-order valence-electron chi connectivity index (χ3n) is 2.76. The van der Waals surface area contributed by atoms with Crippen molar-refractivity contribution in [1.29, 1.82) is 0 Å². The fourth-order valence-corrected chi connectivity index (χ4v) is 1.52. The molecule has 0 unspecified atom stereocenters. The first kappa shape index (κ1) is 9.59. The van der Waals surface area contributed by atoms with Crippen molar-refractivity contribution in [3.05, 3.63) is 35.4 Å². The van der Waals surface area contributed by atoms with Crippen LogP contribution in [0.1, 0.15) is 30.9 Å². The van der Waals surface area contributed by atoms with Crippen molar-refractivity contribution < 1.29 is 8.78 Å². The maximum atomic E-state index is 12.9. The number of hydrogen-bond acceptors (Lipinski definition) is 1. The number of hydrogen-bond donors (Lipinski definition) is 1. The molecule has 0 atom stereocenters. The van der Waals surface area contributed by atoms with Crippen molar-refractivity contribution in [2.45, 2.75) is 31.2 Å². The molecule has 2 rings (SSSR count). The van der Waals surface area contributed by atoms with Crippen LogP contribution in [0.3, 0.4) is 0 Å². The molecule has 0 saturated heterocycles. The topological polar surface area (TPSA) is 26.0 Å². The fourth-order valence-electron chi connectivity index (χ4n) is 1.52. The van der Waals surface area contributed by atoms with Gasteiger partial charge in [0, 0.05) is 18.0 Å². The van der Waals surface area contributed by atoms with Gasteiger partial charge in [-0.25, -0.2) is 8.78 Å². The predicted molar refractivity (Wildman–Crippen MR) is 51.1 cm³/mol. The quantitative estimate of drug-likeness (QED) is 0.775. The minimum Gasteiger partial charge on any atom is -0.321 e. The number of halogens is 2. The van der Waals surface area contributed by atoms with E-state index in [4.69, 9.17) is 5.73 Å². The van der Waals surface area contributed by atoms with Crippen LogP contribution < -0.4 is 5.73 Å². The molecule has 0 aromatic heterocycles. The van der Waals surface area contributed by atoms with E-state index in [1.165, 1.54) is 12.1 Å². The number of benzene rings is 1. The van der Waals surface area contributed by atoms with Crippen LogP contribution >= 0.6 is 0 Å². The first-order valence-electron chi connectivity index (χ1n) is 4.70. The van der Waals surface area contributed by atoms with E-state index >= 15 is 0 Å². The second-order valence-electron chi connectivity index (χ2n) is 4.12. The summed E-state index contributed by atoms with van der Waals surface area (Å²) in [5.41, 5.74) is 6.72. The summed E-state index contributed by atoms with van der Waals surface area (Å²) < 4.78 is 25.7. The Hall–Kier alpha value is -0.960. The lowest BCUT2D eigenvalue weighted by molar-refractivity contribution is 0.0174. The van der Waals surface area contributed by atoms with Gasteiger partial charge in [-0.3, -0.25) is 0 Å². The zero-order chi connectivity index (χ0) is 10.4. The molecule has 1 saturated carbocycles. The van der Waals surface area contributed by atoms with E-state index in [9.17, 15) is 8.78 Å². The largest absolute Gasteiger partial charge is 0.321 e. The van der Waals surface area contributed by atoms with Gasteiger partial charge in [-0.15, -0.1) is 0 Å². The van der Waals surface area contributed by atoms with E-state index in [-0.39, 0.29) is 11.1 Å². The summed E-state index contributed by atoms with van der Waals surface area (Å²) in [6.07, 6.45) is 1.91. The van der Waals surface area contributed by atoms with Gasteiger partial charge >= 0.3 is 0 Å². The fraction of sp³-hybridized carbons (Fsp3) is 0.455. The zero-order valence-corrected chi connectivity index (χ0v) is 8.06. The van der Waals surface area contributed by atoms with Gasteiger partial charge in [-0.2, -0.15) is 0 Å². The minimum atomic E-state index is -2.76. The van der Waals surface area contributed by atoms with Gasteiger partial charge in [0.25, 0.3) is 5.92 Å². The summed E-state index contributed by atoms with van der Waals surface area (Å²) >= 11 is 0. The Balaban J connectivity index is 2.27. The highest BCUT2D eigenvalue weighted by atomic mass is 19.3. The molecule has 1 aromatic rings. The summed E-state index contributed by atoms with van der Waals surface area (Å²) in [5, 5.41) is 0.